The van der Waals surface area contributed by atoms with Gasteiger partial charge in [-0.15, -0.1) is 24.8 Å². The molecule has 100 valence electrons. The number of hydrogen-bond acceptors (Lipinski definition) is 4. The van der Waals surface area contributed by atoms with Crippen LogP contribution in [0.15, 0.2) is 0 Å². The summed E-state index contributed by atoms with van der Waals surface area (Å²) in [5.41, 5.74) is 4.44. The lowest BCUT2D eigenvalue weighted by atomic mass is 10.00. The summed E-state index contributed by atoms with van der Waals surface area (Å²) in [6, 6.07) is 0. The van der Waals surface area contributed by atoms with Crippen LogP contribution in [0.1, 0.15) is 13.3 Å². The summed E-state index contributed by atoms with van der Waals surface area (Å²) < 4.78 is 4.90. The zero-order chi connectivity index (χ0) is 11.2. The van der Waals surface area contributed by atoms with Gasteiger partial charge in [0.05, 0.1) is 6.61 Å². The van der Waals surface area contributed by atoms with E-state index >= 15 is 0 Å². The Bertz CT molecular complexity index is 192. The van der Waals surface area contributed by atoms with Gasteiger partial charge in [0.15, 0.2) is 0 Å². The molecular formula is C9H22Cl2N2O3. The Balaban J connectivity index is -0.000000845. The van der Waals surface area contributed by atoms with Gasteiger partial charge in [0.25, 0.3) is 0 Å². The zero-order valence-electron chi connectivity index (χ0n) is 9.93. The van der Waals surface area contributed by atoms with Gasteiger partial charge in [0.2, 0.25) is 0 Å². The zero-order valence-corrected chi connectivity index (χ0v) is 11.6. The Labute approximate surface area is 109 Å². The average Bonchev–Trinajstić information content (AvgIpc) is 2.11. The average molecular weight is 277 g/mol. The Kier molecular flexibility index (Phi) is 13.4. The van der Waals surface area contributed by atoms with Gasteiger partial charge >= 0.3 is 5.97 Å². The van der Waals surface area contributed by atoms with Gasteiger partial charge in [0.1, 0.15) is 5.54 Å². The second kappa shape index (κ2) is 10.1. The van der Waals surface area contributed by atoms with E-state index in [0.29, 0.717) is 19.6 Å². The molecule has 0 saturated heterocycles. The SMILES string of the molecule is COCCN(C)CCC(C)(N)C(=O)O.Cl.Cl. The number of nitrogens with two attached hydrogens (primary N) is 1. The van der Waals surface area contributed by atoms with Crippen molar-refractivity contribution in [3.63, 3.8) is 0 Å². The lowest BCUT2D eigenvalue weighted by Crippen LogP contribution is -2.47. The lowest BCUT2D eigenvalue weighted by molar-refractivity contribution is -0.143. The van der Waals surface area contributed by atoms with E-state index in [1.165, 1.54) is 6.92 Å². The minimum atomic E-state index is -1.14. The molecule has 3 N–H and O–H groups in total. The molecule has 0 aliphatic carbocycles. The van der Waals surface area contributed by atoms with Crippen LogP contribution in [0.5, 0.6) is 0 Å². The molecular weight excluding hydrogens is 255 g/mol. The molecule has 0 bridgehead atoms. The van der Waals surface area contributed by atoms with Crippen LogP contribution < -0.4 is 5.73 Å². The summed E-state index contributed by atoms with van der Waals surface area (Å²) in [6.07, 6.45) is 0.433. The fraction of sp³-hybridized carbons (Fsp3) is 0.889. The van der Waals surface area contributed by atoms with Crippen molar-refractivity contribution in [2.75, 3.05) is 33.9 Å². The van der Waals surface area contributed by atoms with E-state index < -0.39 is 11.5 Å². The Morgan fingerprint density at radius 2 is 1.94 bits per heavy atom. The van der Waals surface area contributed by atoms with E-state index in [1.54, 1.807) is 7.11 Å². The van der Waals surface area contributed by atoms with E-state index in [2.05, 4.69) is 0 Å². The van der Waals surface area contributed by atoms with E-state index in [4.69, 9.17) is 15.6 Å². The van der Waals surface area contributed by atoms with Crippen LogP contribution in [-0.2, 0) is 9.53 Å². The highest BCUT2D eigenvalue weighted by Gasteiger charge is 2.27. The molecule has 0 aromatic heterocycles. The van der Waals surface area contributed by atoms with Gasteiger partial charge in [-0.2, -0.15) is 0 Å². The maximum absolute atomic E-state index is 10.7. The number of likely N-dealkylation sites (N-methyl/N-ethyl adjacent to an activating group) is 1. The molecule has 0 radical (unpaired) electrons. The van der Waals surface area contributed by atoms with Gasteiger partial charge in [-0.3, -0.25) is 4.79 Å². The molecule has 0 aromatic rings. The molecule has 0 rings (SSSR count). The third kappa shape index (κ3) is 9.18. The quantitative estimate of drug-likeness (QED) is 0.712. The highest BCUT2D eigenvalue weighted by Crippen LogP contribution is 2.06. The number of carbonyl (C=O) groups is 1. The molecule has 0 spiro atoms. The number of aliphatic carboxylic acids is 1. The van der Waals surface area contributed by atoms with Gasteiger partial charge in [0, 0.05) is 20.2 Å². The largest absolute Gasteiger partial charge is 0.480 e. The van der Waals surface area contributed by atoms with Gasteiger partial charge in [-0.1, -0.05) is 0 Å². The number of rotatable bonds is 7. The highest BCUT2D eigenvalue weighted by molar-refractivity contribution is 5.85. The smallest absolute Gasteiger partial charge is 0.323 e. The normalized spacial score (nSPS) is 13.6. The summed E-state index contributed by atoms with van der Waals surface area (Å²) in [5.74, 6) is -0.961. The van der Waals surface area contributed by atoms with Crippen LogP contribution >= 0.6 is 24.8 Å². The fourth-order valence-electron chi connectivity index (χ4n) is 0.889. The summed E-state index contributed by atoms with van der Waals surface area (Å²) in [4.78, 5) is 12.7. The van der Waals surface area contributed by atoms with Crippen molar-refractivity contribution in [2.24, 2.45) is 5.73 Å². The topological polar surface area (TPSA) is 75.8 Å². The molecule has 0 saturated carbocycles. The Hall–Kier alpha value is -0.0700. The van der Waals surface area contributed by atoms with Crippen molar-refractivity contribution in [1.29, 1.82) is 0 Å². The number of ether oxygens (including phenoxy) is 1. The molecule has 0 aliphatic heterocycles. The number of carboxylic acids is 1. The number of carboxylic acid groups (broad SMARTS) is 1. The first-order valence-electron chi connectivity index (χ1n) is 4.60. The van der Waals surface area contributed by atoms with Gasteiger partial charge < -0.3 is 20.5 Å². The third-order valence-corrected chi connectivity index (χ3v) is 2.18. The number of hydrogen-bond donors (Lipinski definition) is 2. The van der Waals surface area contributed by atoms with Crippen LogP contribution in [-0.4, -0.2) is 55.4 Å². The van der Waals surface area contributed by atoms with Crippen LogP contribution in [0.2, 0.25) is 0 Å². The Morgan fingerprint density at radius 3 is 2.31 bits per heavy atom. The minimum absolute atomic E-state index is 0. The molecule has 0 fully saturated rings. The van der Waals surface area contributed by atoms with Crippen molar-refractivity contribution in [3.8, 4) is 0 Å². The van der Waals surface area contributed by atoms with Gasteiger partial charge in [-0.05, 0) is 20.4 Å². The van der Waals surface area contributed by atoms with Crippen LogP contribution in [0.25, 0.3) is 0 Å². The monoisotopic (exact) mass is 276 g/mol. The van der Waals surface area contributed by atoms with E-state index in [9.17, 15) is 4.79 Å². The van der Waals surface area contributed by atoms with Crippen molar-refractivity contribution >= 4 is 30.8 Å². The number of halogens is 2. The van der Waals surface area contributed by atoms with Crippen molar-refractivity contribution in [1.82, 2.24) is 4.90 Å². The summed E-state index contributed by atoms with van der Waals surface area (Å²) in [7, 11) is 3.55. The third-order valence-electron chi connectivity index (χ3n) is 2.18. The first-order valence-corrected chi connectivity index (χ1v) is 4.60. The number of nitrogens with zero attached hydrogens (tertiary/aromatic N) is 1. The van der Waals surface area contributed by atoms with Gasteiger partial charge in [-0.25, -0.2) is 0 Å². The lowest BCUT2D eigenvalue weighted by Gasteiger charge is -2.23. The molecule has 0 amide bonds. The maximum Gasteiger partial charge on any atom is 0.323 e. The first kappa shape index (κ1) is 21.2. The summed E-state index contributed by atoms with van der Waals surface area (Å²) in [5, 5.41) is 8.76. The fourth-order valence-corrected chi connectivity index (χ4v) is 0.889. The summed E-state index contributed by atoms with van der Waals surface area (Å²) >= 11 is 0. The highest BCUT2D eigenvalue weighted by atomic mass is 35.5. The molecule has 7 heteroatoms. The predicted octanol–water partition coefficient (Wildman–Crippen LogP) is 0.600. The molecule has 1 unspecified atom stereocenters. The molecule has 0 aliphatic rings. The standard InChI is InChI=1S/C9H20N2O3.2ClH/c1-9(10,8(12)13)4-5-11(2)6-7-14-3;;/h4-7,10H2,1-3H3,(H,12,13);2*1H. The van der Waals surface area contributed by atoms with Crippen molar-refractivity contribution in [2.45, 2.75) is 18.9 Å². The van der Waals surface area contributed by atoms with Crippen LogP contribution in [0, 0.1) is 0 Å². The predicted molar refractivity (Wildman–Crippen MR) is 68.7 cm³/mol. The van der Waals surface area contributed by atoms with E-state index in [1.807, 2.05) is 11.9 Å². The second-order valence-electron chi connectivity index (χ2n) is 3.77. The molecule has 0 aromatic carbocycles. The molecule has 5 nitrogen and oxygen atoms in total. The first-order chi connectivity index (χ1) is 6.40. The molecule has 16 heavy (non-hydrogen) atoms. The maximum atomic E-state index is 10.7. The van der Waals surface area contributed by atoms with E-state index in [-0.39, 0.29) is 24.8 Å². The number of methoxy groups -OCH3 is 1. The minimum Gasteiger partial charge on any atom is -0.480 e. The molecule has 0 heterocycles. The summed E-state index contributed by atoms with van der Waals surface area (Å²) in [6.45, 7) is 3.61. The van der Waals surface area contributed by atoms with E-state index in [0.717, 1.165) is 6.54 Å². The van der Waals surface area contributed by atoms with Crippen molar-refractivity contribution < 1.29 is 14.6 Å². The van der Waals surface area contributed by atoms with Crippen LogP contribution in [0.4, 0.5) is 0 Å². The Morgan fingerprint density at radius 1 is 1.44 bits per heavy atom. The molecule has 1 atom stereocenters. The van der Waals surface area contributed by atoms with Crippen LogP contribution in [0.3, 0.4) is 0 Å². The van der Waals surface area contributed by atoms with Crippen molar-refractivity contribution in [3.05, 3.63) is 0 Å². The second-order valence-corrected chi connectivity index (χ2v) is 3.77.